The zero-order valence-corrected chi connectivity index (χ0v) is 25.4. The summed E-state index contributed by atoms with van der Waals surface area (Å²) in [6.07, 6.45) is 12.1. The minimum atomic E-state index is -0.376. The summed E-state index contributed by atoms with van der Waals surface area (Å²) in [4.78, 5) is 12.6. The van der Waals surface area contributed by atoms with Crippen molar-refractivity contribution in [1.29, 1.82) is 0 Å². The van der Waals surface area contributed by atoms with Crippen molar-refractivity contribution in [3.05, 3.63) is 114 Å². The van der Waals surface area contributed by atoms with Gasteiger partial charge in [0.1, 0.15) is 5.75 Å². The van der Waals surface area contributed by atoms with E-state index in [2.05, 4.69) is 46.4 Å². The fourth-order valence-corrected chi connectivity index (χ4v) is 4.61. The van der Waals surface area contributed by atoms with Crippen LogP contribution in [0.1, 0.15) is 86.7 Å². The molecule has 0 amide bonds. The van der Waals surface area contributed by atoms with Crippen molar-refractivity contribution in [2.45, 2.75) is 78.1 Å². The van der Waals surface area contributed by atoms with E-state index in [0.29, 0.717) is 22.7 Å². The molecule has 0 aromatic heterocycles. The molecule has 6 heteroatoms. The van der Waals surface area contributed by atoms with E-state index in [-0.39, 0.29) is 5.97 Å². The number of nitrogens with zero attached hydrogens (tertiary/aromatic N) is 4. The Hall–Kier alpha value is -4.45. The first kappa shape index (κ1) is 31.5. The monoisotopic (exact) mass is 574 g/mol. The standard InChI is InChI=1S/C37H42N4O2/c1-3-5-7-9-11-29-13-17-31(18-14-29)37(42)43-36-27-25-35(26-28-36)41-40-34-23-21-33(22-24-34)39-38-32-19-15-30(16-20-32)12-10-8-6-4-2/h13-28H,3-12H2,1-2H3. The van der Waals surface area contributed by atoms with Crippen LogP contribution in [0.15, 0.2) is 118 Å². The quantitative estimate of drug-likeness (QED) is 0.0577. The Balaban J connectivity index is 1.23. The predicted molar refractivity (Wildman–Crippen MR) is 175 cm³/mol. The van der Waals surface area contributed by atoms with Crippen LogP contribution in [0.4, 0.5) is 22.7 Å². The van der Waals surface area contributed by atoms with Crippen molar-refractivity contribution in [2.75, 3.05) is 0 Å². The molecule has 222 valence electrons. The Labute approximate surface area is 256 Å². The van der Waals surface area contributed by atoms with Gasteiger partial charge >= 0.3 is 5.97 Å². The van der Waals surface area contributed by atoms with Crippen molar-refractivity contribution in [1.82, 2.24) is 0 Å². The third-order valence-corrected chi connectivity index (χ3v) is 7.22. The van der Waals surface area contributed by atoms with Gasteiger partial charge in [-0.25, -0.2) is 4.79 Å². The average Bonchev–Trinajstić information content (AvgIpc) is 3.05. The average molecular weight is 575 g/mol. The third-order valence-electron chi connectivity index (χ3n) is 7.22. The molecule has 0 radical (unpaired) electrons. The van der Waals surface area contributed by atoms with Gasteiger partial charge in [-0.3, -0.25) is 0 Å². The summed E-state index contributed by atoms with van der Waals surface area (Å²) < 4.78 is 5.54. The molecule has 0 fully saturated rings. The molecule has 0 unspecified atom stereocenters. The molecular formula is C37H42N4O2. The second-order valence-corrected chi connectivity index (χ2v) is 10.8. The van der Waals surface area contributed by atoms with E-state index in [1.165, 1.54) is 62.5 Å². The van der Waals surface area contributed by atoms with Gasteiger partial charge in [0.2, 0.25) is 0 Å². The van der Waals surface area contributed by atoms with E-state index in [1.807, 2.05) is 60.7 Å². The van der Waals surface area contributed by atoms with Crippen molar-refractivity contribution in [2.24, 2.45) is 20.5 Å². The van der Waals surface area contributed by atoms with E-state index in [9.17, 15) is 4.79 Å². The summed E-state index contributed by atoms with van der Waals surface area (Å²) in [6.45, 7) is 4.44. The Bertz CT molecular complexity index is 1440. The molecule has 0 N–H and O–H groups in total. The molecule has 0 spiro atoms. The van der Waals surface area contributed by atoms with Crippen molar-refractivity contribution in [3.63, 3.8) is 0 Å². The van der Waals surface area contributed by atoms with Gasteiger partial charge in [-0.05, 0) is 110 Å². The van der Waals surface area contributed by atoms with Crippen LogP contribution < -0.4 is 4.74 Å². The molecule has 0 aliphatic heterocycles. The Morgan fingerprint density at radius 1 is 0.488 bits per heavy atom. The maximum atomic E-state index is 12.6. The number of unbranched alkanes of at least 4 members (excludes halogenated alkanes) is 6. The minimum Gasteiger partial charge on any atom is -0.423 e. The van der Waals surface area contributed by atoms with Gasteiger partial charge in [0, 0.05) is 0 Å². The fourth-order valence-electron chi connectivity index (χ4n) is 4.61. The van der Waals surface area contributed by atoms with Gasteiger partial charge in [-0.1, -0.05) is 76.6 Å². The molecule has 0 atom stereocenters. The number of carbonyl (C=O) groups excluding carboxylic acids is 1. The lowest BCUT2D eigenvalue weighted by atomic mass is 10.0. The topological polar surface area (TPSA) is 75.7 Å². The highest BCUT2D eigenvalue weighted by molar-refractivity contribution is 5.91. The molecule has 0 heterocycles. The largest absolute Gasteiger partial charge is 0.423 e. The number of aryl methyl sites for hydroxylation is 2. The normalized spacial score (nSPS) is 11.4. The fraction of sp³-hybridized carbons (Fsp3) is 0.324. The summed E-state index contributed by atoms with van der Waals surface area (Å²) >= 11 is 0. The van der Waals surface area contributed by atoms with E-state index in [0.717, 1.165) is 24.2 Å². The van der Waals surface area contributed by atoms with Gasteiger partial charge in [-0.15, -0.1) is 0 Å². The first-order chi connectivity index (χ1) is 21.1. The summed E-state index contributed by atoms with van der Waals surface area (Å²) in [5.41, 5.74) is 6.07. The van der Waals surface area contributed by atoms with Crippen LogP contribution >= 0.6 is 0 Å². The first-order valence-corrected chi connectivity index (χ1v) is 15.6. The van der Waals surface area contributed by atoms with E-state index < -0.39 is 0 Å². The Morgan fingerprint density at radius 2 is 0.860 bits per heavy atom. The smallest absolute Gasteiger partial charge is 0.343 e. The van der Waals surface area contributed by atoms with Crippen LogP contribution in [-0.2, 0) is 12.8 Å². The summed E-state index contributed by atoms with van der Waals surface area (Å²) in [5.74, 6) is 0.0860. The number of esters is 1. The van der Waals surface area contributed by atoms with E-state index in [4.69, 9.17) is 4.74 Å². The number of ether oxygens (including phenoxy) is 1. The van der Waals surface area contributed by atoms with E-state index >= 15 is 0 Å². The van der Waals surface area contributed by atoms with Crippen LogP contribution in [0, 0.1) is 0 Å². The van der Waals surface area contributed by atoms with Crippen LogP contribution in [0.5, 0.6) is 5.75 Å². The van der Waals surface area contributed by atoms with Crippen molar-refractivity contribution >= 4 is 28.7 Å². The minimum absolute atomic E-state index is 0.376. The number of carbonyl (C=O) groups is 1. The van der Waals surface area contributed by atoms with Crippen LogP contribution in [0.2, 0.25) is 0 Å². The number of rotatable bonds is 16. The lowest BCUT2D eigenvalue weighted by Gasteiger charge is -2.06. The van der Waals surface area contributed by atoms with Gasteiger partial charge in [-0.2, -0.15) is 20.5 Å². The molecule has 0 bridgehead atoms. The Kier molecular flexibility index (Phi) is 12.8. The highest BCUT2D eigenvalue weighted by Crippen LogP contribution is 2.25. The zero-order chi connectivity index (χ0) is 30.1. The lowest BCUT2D eigenvalue weighted by molar-refractivity contribution is 0.0734. The molecule has 6 nitrogen and oxygen atoms in total. The highest BCUT2D eigenvalue weighted by Gasteiger charge is 2.09. The molecule has 4 aromatic rings. The molecule has 0 saturated heterocycles. The first-order valence-electron chi connectivity index (χ1n) is 15.6. The predicted octanol–water partition coefficient (Wildman–Crippen LogP) is 12.0. The van der Waals surface area contributed by atoms with Crippen LogP contribution in [0.25, 0.3) is 0 Å². The zero-order valence-electron chi connectivity index (χ0n) is 25.4. The summed E-state index contributed by atoms with van der Waals surface area (Å²) in [5, 5.41) is 17.3. The number of benzene rings is 4. The molecule has 0 saturated carbocycles. The lowest BCUT2D eigenvalue weighted by Crippen LogP contribution is -2.08. The number of hydrogen-bond donors (Lipinski definition) is 0. The van der Waals surface area contributed by atoms with Crippen molar-refractivity contribution in [3.8, 4) is 5.75 Å². The van der Waals surface area contributed by atoms with Gasteiger partial charge in [0.15, 0.2) is 0 Å². The van der Waals surface area contributed by atoms with Crippen LogP contribution in [-0.4, -0.2) is 5.97 Å². The third kappa shape index (κ3) is 11.0. The maximum absolute atomic E-state index is 12.6. The van der Waals surface area contributed by atoms with Crippen molar-refractivity contribution < 1.29 is 9.53 Å². The molecule has 4 aromatic carbocycles. The summed E-state index contributed by atoms with van der Waals surface area (Å²) in [6, 6.07) is 30.4. The molecule has 43 heavy (non-hydrogen) atoms. The summed E-state index contributed by atoms with van der Waals surface area (Å²) in [7, 11) is 0. The highest BCUT2D eigenvalue weighted by atomic mass is 16.5. The maximum Gasteiger partial charge on any atom is 0.343 e. The Morgan fingerprint density at radius 3 is 1.28 bits per heavy atom. The van der Waals surface area contributed by atoms with Gasteiger partial charge in [0.25, 0.3) is 0 Å². The molecule has 4 rings (SSSR count). The second kappa shape index (κ2) is 17.5. The number of hydrogen-bond acceptors (Lipinski definition) is 6. The van der Waals surface area contributed by atoms with Gasteiger partial charge in [0.05, 0.1) is 28.3 Å². The second-order valence-electron chi connectivity index (χ2n) is 10.8. The van der Waals surface area contributed by atoms with Gasteiger partial charge < -0.3 is 4.74 Å². The van der Waals surface area contributed by atoms with E-state index in [1.54, 1.807) is 24.3 Å². The molecular weight excluding hydrogens is 532 g/mol. The number of azo groups is 2. The SMILES string of the molecule is CCCCCCc1ccc(N=Nc2ccc(N=Nc3ccc(OC(=O)c4ccc(CCCCCC)cc4)cc3)cc2)cc1. The molecule has 0 aliphatic rings. The molecule has 0 aliphatic carbocycles. The van der Waals surface area contributed by atoms with Crippen LogP contribution in [0.3, 0.4) is 0 Å².